The second kappa shape index (κ2) is 12.8. The topological polar surface area (TPSA) is 96.0 Å². The summed E-state index contributed by atoms with van der Waals surface area (Å²) in [6.07, 6.45) is 2.19. The third-order valence-electron chi connectivity index (χ3n) is 6.27. The number of anilines is 1. The predicted molar refractivity (Wildman–Crippen MR) is 144 cm³/mol. The summed E-state index contributed by atoms with van der Waals surface area (Å²) >= 11 is 0. The Morgan fingerprint density at radius 2 is 1.72 bits per heavy atom. The fraction of sp³-hybridized carbons (Fsp3) is 0.481. The number of sulfonamides is 1. The van der Waals surface area contributed by atoms with Crippen LogP contribution in [0.4, 0.5) is 5.69 Å². The van der Waals surface area contributed by atoms with E-state index in [4.69, 9.17) is 4.74 Å². The van der Waals surface area contributed by atoms with Gasteiger partial charge in [-0.15, -0.1) is 0 Å². The molecule has 0 aromatic heterocycles. The first-order valence-corrected chi connectivity index (χ1v) is 14.0. The molecule has 0 aliphatic rings. The van der Waals surface area contributed by atoms with Crippen LogP contribution in [0.5, 0.6) is 5.75 Å². The lowest BCUT2D eigenvalue weighted by Gasteiger charge is -2.34. The van der Waals surface area contributed by atoms with Gasteiger partial charge in [0.1, 0.15) is 18.3 Å². The van der Waals surface area contributed by atoms with Gasteiger partial charge in [-0.05, 0) is 62.4 Å². The smallest absolute Gasteiger partial charge is 0.244 e. The van der Waals surface area contributed by atoms with E-state index in [2.05, 4.69) is 5.32 Å². The highest BCUT2D eigenvalue weighted by molar-refractivity contribution is 7.92. The molecular weight excluding hydrogens is 478 g/mol. The third kappa shape index (κ3) is 7.46. The van der Waals surface area contributed by atoms with E-state index in [9.17, 15) is 18.0 Å². The van der Waals surface area contributed by atoms with Gasteiger partial charge in [0.15, 0.2) is 0 Å². The molecule has 9 heteroatoms. The first-order valence-electron chi connectivity index (χ1n) is 12.2. The fourth-order valence-electron chi connectivity index (χ4n) is 3.92. The number of benzene rings is 2. The van der Waals surface area contributed by atoms with Gasteiger partial charge in [-0.25, -0.2) is 8.42 Å². The lowest BCUT2D eigenvalue weighted by Crippen LogP contribution is -2.53. The van der Waals surface area contributed by atoms with Crippen LogP contribution >= 0.6 is 0 Å². The highest BCUT2D eigenvalue weighted by atomic mass is 32.2. The zero-order chi connectivity index (χ0) is 27.0. The summed E-state index contributed by atoms with van der Waals surface area (Å²) in [6, 6.07) is 12.0. The van der Waals surface area contributed by atoms with Crippen molar-refractivity contribution in [2.75, 3.05) is 24.2 Å². The predicted octanol–water partition coefficient (Wildman–Crippen LogP) is 3.80. The number of nitrogens with one attached hydrogen (secondary N) is 1. The first kappa shape index (κ1) is 29.2. The van der Waals surface area contributed by atoms with E-state index in [0.29, 0.717) is 12.2 Å². The Bertz CT molecular complexity index is 1170. The molecule has 0 fully saturated rings. The summed E-state index contributed by atoms with van der Waals surface area (Å²) < 4.78 is 32.2. The summed E-state index contributed by atoms with van der Waals surface area (Å²) in [5, 5.41) is 2.97. The van der Waals surface area contributed by atoms with E-state index in [1.807, 2.05) is 58.9 Å². The van der Waals surface area contributed by atoms with Crippen LogP contribution in [0.3, 0.4) is 0 Å². The molecule has 2 atom stereocenters. The first-order chi connectivity index (χ1) is 16.9. The van der Waals surface area contributed by atoms with Crippen LogP contribution in [0.25, 0.3) is 0 Å². The molecule has 8 nitrogen and oxygen atoms in total. The van der Waals surface area contributed by atoms with Gasteiger partial charge < -0.3 is 15.0 Å². The van der Waals surface area contributed by atoms with Crippen molar-refractivity contribution in [3.63, 3.8) is 0 Å². The Morgan fingerprint density at radius 3 is 2.28 bits per heavy atom. The van der Waals surface area contributed by atoms with Crippen molar-refractivity contribution >= 4 is 27.5 Å². The van der Waals surface area contributed by atoms with Crippen molar-refractivity contribution in [1.29, 1.82) is 0 Å². The van der Waals surface area contributed by atoms with Crippen LogP contribution in [-0.2, 0) is 26.2 Å². The Morgan fingerprint density at radius 1 is 1.06 bits per heavy atom. The summed E-state index contributed by atoms with van der Waals surface area (Å²) in [7, 11) is -2.40. The number of amides is 2. The van der Waals surface area contributed by atoms with E-state index in [1.165, 1.54) is 12.0 Å². The maximum atomic E-state index is 13.8. The molecule has 0 unspecified atom stereocenters. The normalized spacial score (nSPS) is 13.0. The van der Waals surface area contributed by atoms with Crippen molar-refractivity contribution in [2.24, 2.45) is 0 Å². The quantitative estimate of drug-likeness (QED) is 0.462. The van der Waals surface area contributed by atoms with Crippen molar-refractivity contribution < 1.29 is 22.7 Å². The van der Waals surface area contributed by atoms with Gasteiger partial charge in [0.25, 0.3) is 0 Å². The molecule has 0 aliphatic carbocycles. The highest BCUT2D eigenvalue weighted by Crippen LogP contribution is 2.31. The van der Waals surface area contributed by atoms with Crippen LogP contribution in [0.15, 0.2) is 42.5 Å². The average Bonchev–Trinajstić information content (AvgIpc) is 2.82. The lowest BCUT2D eigenvalue weighted by atomic mass is 10.1. The van der Waals surface area contributed by atoms with Crippen LogP contribution in [0.1, 0.15) is 50.3 Å². The number of carbonyl (C=O) groups is 2. The van der Waals surface area contributed by atoms with E-state index >= 15 is 0 Å². The molecule has 0 radical (unpaired) electrons. The monoisotopic (exact) mass is 517 g/mol. The third-order valence-corrected chi connectivity index (χ3v) is 7.40. The zero-order valence-corrected chi connectivity index (χ0v) is 23.2. The molecule has 2 rings (SSSR count). The molecule has 0 bridgehead atoms. The molecule has 0 heterocycles. The molecule has 1 N–H and O–H groups in total. The minimum atomic E-state index is -3.85. The van der Waals surface area contributed by atoms with Gasteiger partial charge in [0.2, 0.25) is 21.8 Å². The summed E-state index contributed by atoms with van der Waals surface area (Å²) in [5.74, 6) is -0.392. The molecule has 2 aromatic carbocycles. The number of methoxy groups -OCH3 is 1. The SMILES string of the molecule is CC[C@H](C)NC(=O)[C@H](CC)N(Cc1ccccc1C)C(=O)CN(c1cc(C)ccc1OC)S(C)(=O)=O. The number of nitrogens with zero attached hydrogens (tertiary/aromatic N) is 2. The van der Waals surface area contributed by atoms with Gasteiger partial charge in [-0.2, -0.15) is 0 Å². The van der Waals surface area contributed by atoms with E-state index in [1.54, 1.807) is 18.2 Å². The highest BCUT2D eigenvalue weighted by Gasteiger charge is 2.33. The number of hydrogen-bond acceptors (Lipinski definition) is 5. The number of ether oxygens (including phenoxy) is 1. The second-order valence-corrected chi connectivity index (χ2v) is 11.0. The van der Waals surface area contributed by atoms with E-state index < -0.39 is 28.5 Å². The Labute approximate surface area is 215 Å². The molecule has 2 aromatic rings. The van der Waals surface area contributed by atoms with Gasteiger partial charge in [0.05, 0.1) is 19.1 Å². The minimum Gasteiger partial charge on any atom is -0.495 e. The molecule has 198 valence electrons. The molecule has 0 saturated heterocycles. The second-order valence-electron chi connectivity index (χ2n) is 9.13. The molecule has 0 spiro atoms. The molecule has 36 heavy (non-hydrogen) atoms. The number of aryl methyl sites for hydroxylation is 2. The van der Waals surface area contributed by atoms with Gasteiger partial charge in [-0.1, -0.05) is 44.2 Å². The molecule has 0 aliphatic heterocycles. The summed E-state index contributed by atoms with van der Waals surface area (Å²) in [5.41, 5.74) is 2.97. The minimum absolute atomic E-state index is 0.0500. The average molecular weight is 518 g/mol. The Balaban J connectivity index is 2.53. The maximum absolute atomic E-state index is 13.8. The van der Waals surface area contributed by atoms with Crippen LogP contribution in [-0.4, -0.2) is 57.1 Å². The standard InChI is InChI=1S/C27H39N3O5S/c1-8-21(5)28-27(32)23(9-2)29(17-22-13-11-10-12-20(22)4)26(31)18-30(36(7,33)34)24-16-19(3)14-15-25(24)35-6/h10-16,21,23H,8-9,17-18H2,1-7H3,(H,28,32)/t21-,23-/m0/s1. The fourth-order valence-corrected chi connectivity index (χ4v) is 4.77. The summed E-state index contributed by atoms with van der Waals surface area (Å²) in [6.45, 7) is 9.23. The van der Waals surface area contributed by atoms with E-state index in [-0.39, 0.29) is 24.2 Å². The Kier molecular flexibility index (Phi) is 10.3. The Hall–Kier alpha value is -3.07. The van der Waals surface area contributed by atoms with E-state index in [0.717, 1.165) is 33.7 Å². The van der Waals surface area contributed by atoms with Crippen LogP contribution in [0.2, 0.25) is 0 Å². The number of hydrogen-bond donors (Lipinski definition) is 1. The molecule has 2 amide bonds. The van der Waals surface area contributed by atoms with Gasteiger partial charge >= 0.3 is 0 Å². The maximum Gasteiger partial charge on any atom is 0.244 e. The largest absolute Gasteiger partial charge is 0.495 e. The van der Waals surface area contributed by atoms with Gasteiger partial charge in [0, 0.05) is 12.6 Å². The number of rotatable bonds is 12. The summed E-state index contributed by atoms with van der Waals surface area (Å²) in [4.78, 5) is 28.5. The van der Waals surface area contributed by atoms with Crippen molar-refractivity contribution in [2.45, 2.75) is 66.1 Å². The zero-order valence-electron chi connectivity index (χ0n) is 22.4. The lowest BCUT2D eigenvalue weighted by molar-refractivity contribution is -0.140. The number of carbonyl (C=O) groups excluding carboxylic acids is 2. The van der Waals surface area contributed by atoms with Gasteiger partial charge in [-0.3, -0.25) is 13.9 Å². The molecule has 0 saturated carbocycles. The van der Waals surface area contributed by atoms with Crippen LogP contribution in [0, 0.1) is 13.8 Å². The van der Waals surface area contributed by atoms with Crippen molar-refractivity contribution in [1.82, 2.24) is 10.2 Å². The van der Waals surface area contributed by atoms with Crippen molar-refractivity contribution in [3.8, 4) is 5.75 Å². The molecular formula is C27H39N3O5S. The van der Waals surface area contributed by atoms with Crippen LogP contribution < -0.4 is 14.4 Å². The van der Waals surface area contributed by atoms with Crippen molar-refractivity contribution in [3.05, 3.63) is 59.2 Å².